The van der Waals surface area contributed by atoms with E-state index in [4.69, 9.17) is 0 Å². The number of methoxy groups -OCH3 is 1. The van der Waals surface area contributed by atoms with Crippen LogP contribution in [0.25, 0.3) is 0 Å². The van der Waals surface area contributed by atoms with Crippen molar-refractivity contribution in [1.29, 1.82) is 0 Å². The van der Waals surface area contributed by atoms with Crippen molar-refractivity contribution in [2.75, 3.05) is 12.9 Å². The molecule has 1 aliphatic heterocycles. The molecule has 0 saturated carbocycles. The smallest absolute Gasteiger partial charge is 0.305 e. The number of benzene rings is 1. The maximum Gasteiger partial charge on any atom is 0.305 e. The quantitative estimate of drug-likeness (QED) is 0.611. The minimum absolute atomic E-state index is 0.0809. The number of carbonyl (C=O) groups is 3. The molecule has 1 fully saturated rings. The lowest BCUT2D eigenvalue weighted by Gasteiger charge is -2.11. The lowest BCUT2D eigenvalue weighted by molar-refractivity contribution is -0.140. The highest BCUT2D eigenvalue weighted by atomic mass is 32.2. The number of thioether (sulfide) groups is 1. The summed E-state index contributed by atoms with van der Waals surface area (Å²) in [6.07, 6.45) is 2.64. The van der Waals surface area contributed by atoms with Crippen LogP contribution in [0.3, 0.4) is 0 Å². The summed E-state index contributed by atoms with van der Waals surface area (Å²) in [5.74, 6) is 0.260. The van der Waals surface area contributed by atoms with Crippen molar-refractivity contribution in [3.63, 3.8) is 0 Å². The Labute approximate surface area is 140 Å². The number of esters is 1. The highest BCUT2D eigenvalue weighted by molar-refractivity contribution is 8.01. The largest absolute Gasteiger partial charge is 0.469 e. The van der Waals surface area contributed by atoms with Gasteiger partial charge in [0.05, 0.1) is 18.4 Å². The molecule has 1 aliphatic rings. The van der Waals surface area contributed by atoms with Crippen LogP contribution in [0.1, 0.15) is 36.0 Å². The zero-order valence-corrected chi connectivity index (χ0v) is 13.9. The molecule has 6 heteroatoms. The number of ketones is 1. The van der Waals surface area contributed by atoms with Gasteiger partial charge in [-0.05, 0) is 25.0 Å². The number of amides is 1. The van der Waals surface area contributed by atoms with Gasteiger partial charge in [-0.2, -0.15) is 0 Å². The van der Waals surface area contributed by atoms with E-state index >= 15 is 0 Å². The van der Waals surface area contributed by atoms with E-state index in [1.165, 1.54) is 7.11 Å². The number of rotatable bonds is 7. The van der Waals surface area contributed by atoms with Crippen LogP contribution in [-0.4, -0.2) is 41.8 Å². The van der Waals surface area contributed by atoms with Gasteiger partial charge >= 0.3 is 5.97 Å². The molecule has 1 aromatic carbocycles. The molecular formula is C17H21NO4S. The Morgan fingerprint density at radius 3 is 2.70 bits per heavy atom. The molecule has 1 heterocycles. The first kappa shape index (κ1) is 17.5. The van der Waals surface area contributed by atoms with Gasteiger partial charge < -0.3 is 10.1 Å². The Kier molecular flexibility index (Phi) is 6.65. The maximum atomic E-state index is 12.3. The lowest BCUT2D eigenvalue weighted by atomic mass is 10.1. The van der Waals surface area contributed by atoms with Crippen molar-refractivity contribution in [3.05, 3.63) is 35.9 Å². The molecule has 0 spiro atoms. The van der Waals surface area contributed by atoms with Gasteiger partial charge in [-0.25, -0.2) is 0 Å². The van der Waals surface area contributed by atoms with Crippen LogP contribution in [0, 0.1) is 0 Å². The normalized spacial score (nSPS) is 20.3. The van der Waals surface area contributed by atoms with Crippen LogP contribution in [0.2, 0.25) is 0 Å². The third-order valence-electron chi connectivity index (χ3n) is 3.79. The predicted octanol–water partition coefficient (Wildman–Crippen LogP) is 2.20. The van der Waals surface area contributed by atoms with E-state index in [0.29, 0.717) is 17.7 Å². The molecule has 1 saturated heterocycles. The number of ether oxygens (including phenoxy) is 1. The Morgan fingerprint density at radius 2 is 2.00 bits per heavy atom. The highest BCUT2D eigenvalue weighted by Gasteiger charge is 2.35. The summed E-state index contributed by atoms with van der Waals surface area (Å²) in [6, 6.07) is 8.48. The van der Waals surface area contributed by atoms with Gasteiger partial charge in [0.2, 0.25) is 0 Å². The maximum absolute atomic E-state index is 12.3. The van der Waals surface area contributed by atoms with E-state index in [1.807, 2.05) is 6.07 Å². The topological polar surface area (TPSA) is 72.5 Å². The number of carbonyl (C=O) groups excluding carboxylic acids is 3. The average molecular weight is 335 g/mol. The standard InChI is InChI=1S/C17H21NO4S/c1-22-15(19)10-6-5-9-14-16(20)13(11-23-14)18-17(21)12-7-3-2-4-8-12/h2-4,7-8,13-14H,5-6,9-11H2,1H3,(H,18,21)/t13-,14-/m0/s1. The number of nitrogens with one attached hydrogen (secondary N) is 1. The molecule has 23 heavy (non-hydrogen) atoms. The van der Waals surface area contributed by atoms with E-state index in [2.05, 4.69) is 10.1 Å². The number of hydrogen-bond acceptors (Lipinski definition) is 5. The number of unbranched alkanes of at least 4 members (excludes halogenated alkanes) is 1. The summed E-state index contributed by atoms with van der Waals surface area (Å²) in [5, 5.41) is 2.72. The van der Waals surface area contributed by atoms with E-state index in [0.717, 1.165) is 19.3 Å². The van der Waals surface area contributed by atoms with Crippen LogP contribution < -0.4 is 5.32 Å². The minimum Gasteiger partial charge on any atom is -0.469 e. The van der Waals surface area contributed by atoms with Crippen molar-refractivity contribution >= 4 is 29.4 Å². The third-order valence-corrected chi connectivity index (χ3v) is 5.19. The van der Waals surface area contributed by atoms with Gasteiger partial charge in [-0.1, -0.05) is 24.6 Å². The zero-order valence-electron chi connectivity index (χ0n) is 13.1. The molecule has 5 nitrogen and oxygen atoms in total. The molecule has 2 atom stereocenters. The Bertz CT molecular complexity index is 561. The van der Waals surface area contributed by atoms with Crippen molar-refractivity contribution < 1.29 is 19.1 Å². The molecular weight excluding hydrogens is 314 g/mol. The summed E-state index contributed by atoms with van der Waals surface area (Å²) in [6.45, 7) is 0. The molecule has 124 valence electrons. The molecule has 2 rings (SSSR count). The van der Waals surface area contributed by atoms with Gasteiger partial charge in [0, 0.05) is 17.7 Å². The molecule has 0 aliphatic carbocycles. The molecule has 0 unspecified atom stereocenters. The fourth-order valence-electron chi connectivity index (χ4n) is 2.47. The molecule has 0 radical (unpaired) electrons. The fraction of sp³-hybridized carbons (Fsp3) is 0.471. The monoisotopic (exact) mass is 335 g/mol. The second-order valence-corrected chi connectivity index (χ2v) is 6.67. The summed E-state index contributed by atoms with van der Waals surface area (Å²) >= 11 is 1.58. The lowest BCUT2D eigenvalue weighted by Crippen LogP contribution is -2.41. The van der Waals surface area contributed by atoms with Gasteiger partial charge in [0.25, 0.3) is 5.91 Å². The van der Waals surface area contributed by atoms with Crippen LogP contribution in [0.15, 0.2) is 30.3 Å². The van der Waals surface area contributed by atoms with Gasteiger partial charge in [-0.15, -0.1) is 11.8 Å². The van der Waals surface area contributed by atoms with Crippen molar-refractivity contribution in [3.8, 4) is 0 Å². The summed E-state index contributed by atoms with van der Waals surface area (Å²) in [4.78, 5) is 35.5. The van der Waals surface area contributed by atoms with Crippen LogP contribution in [0.5, 0.6) is 0 Å². The average Bonchev–Trinajstić information content (AvgIpc) is 2.92. The highest BCUT2D eigenvalue weighted by Crippen LogP contribution is 2.28. The first-order valence-electron chi connectivity index (χ1n) is 7.70. The molecule has 0 bridgehead atoms. The van der Waals surface area contributed by atoms with Crippen molar-refractivity contribution in [1.82, 2.24) is 5.32 Å². The Balaban J connectivity index is 1.75. The van der Waals surface area contributed by atoms with Crippen LogP contribution >= 0.6 is 11.8 Å². The second kappa shape index (κ2) is 8.72. The molecule has 0 aromatic heterocycles. The number of Topliss-reactive ketones (excluding diaryl/α,β-unsaturated/α-hetero) is 1. The minimum atomic E-state index is -0.418. The molecule has 1 aromatic rings. The van der Waals surface area contributed by atoms with Gasteiger partial charge in [0.15, 0.2) is 5.78 Å². The van der Waals surface area contributed by atoms with Gasteiger partial charge in [-0.3, -0.25) is 14.4 Å². The Morgan fingerprint density at radius 1 is 1.26 bits per heavy atom. The van der Waals surface area contributed by atoms with E-state index < -0.39 is 6.04 Å². The van der Waals surface area contributed by atoms with Crippen molar-refractivity contribution in [2.45, 2.75) is 37.0 Å². The Hall–Kier alpha value is -1.82. The third kappa shape index (κ3) is 5.10. The molecule has 1 N–H and O–H groups in total. The summed E-state index contributed by atoms with van der Waals surface area (Å²) in [5.41, 5.74) is 0.562. The van der Waals surface area contributed by atoms with Crippen LogP contribution in [0.4, 0.5) is 0 Å². The zero-order chi connectivity index (χ0) is 16.7. The molecule has 1 amide bonds. The van der Waals surface area contributed by atoms with E-state index in [9.17, 15) is 14.4 Å². The summed E-state index contributed by atoms with van der Waals surface area (Å²) < 4.78 is 4.59. The van der Waals surface area contributed by atoms with E-state index in [-0.39, 0.29) is 22.9 Å². The van der Waals surface area contributed by atoms with Gasteiger partial charge in [0.1, 0.15) is 0 Å². The van der Waals surface area contributed by atoms with E-state index in [1.54, 1.807) is 36.0 Å². The first-order valence-corrected chi connectivity index (χ1v) is 8.74. The first-order chi connectivity index (χ1) is 11.1. The van der Waals surface area contributed by atoms with Crippen LogP contribution in [-0.2, 0) is 14.3 Å². The summed E-state index contributed by atoms with van der Waals surface area (Å²) in [7, 11) is 1.37. The predicted molar refractivity (Wildman–Crippen MR) is 89.4 cm³/mol. The fourth-order valence-corrected chi connectivity index (χ4v) is 3.81. The van der Waals surface area contributed by atoms with Crippen molar-refractivity contribution in [2.24, 2.45) is 0 Å². The SMILES string of the molecule is COC(=O)CCCC[C@@H]1SC[C@H](NC(=O)c2ccccc2)C1=O. The number of hydrogen-bond donors (Lipinski definition) is 1. The second-order valence-electron chi connectivity index (χ2n) is 5.44.